The van der Waals surface area contributed by atoms with Gasteiger partial charge in [-0.05, 0) is 29.8 Å². The maximum absolute atomic E-state index is 11.1. The van der Waals surface area contributed by atoms with Crippen LogP contribution in [0.2, 0.25) is 0 Å². The van der Waals surface area contributed by atoms with Gasteiger partial charge in [0.2, 0.25) is 0 Å². The summed E-state index contributed by atoms with van der Waals surface area (Å²) in [6.07, 6.45) is 0.752. The molecule has 0 saturated heterocycles. The van der Waals surface area contributed by atoms with Crippen molar-refractivity contribution in [3.05, 3.63) is 29.8 Å². The van der Waals surface area contributed by atoms with Crippen LogP contribution in [0.4, 0.5) is 0 Å². The van der Waals surface area contributed by atoms with Crippen LogP contribution >= 0.6 is 15.9 Å². The van der Waals surface area contributed by atoms with Crippen molar-refractivity contribution in [2.24, 2.45) is 5.16 Å². The lowest BCUT2D eigenvalue weighted by Gasteiger charge is -2.05. The molecule has 0 fully saturated rings. The number of nitrogens with zero attached hydrogens (tertiary/aromatic N) is 1. The summed E-state index contributed by atoms with van der Waals surface area (Å²) in [4.78, 5) is 5.19. The Morgan fingerprint density at radius 3 is 2.63 bits per heavy atom. The fraction of sp³-hybridized carbons (Fsp3) is 0.364. The molecule has 1 aromatic carbocycles. The monoisotopic (exact) mass is 349 g/mol. The maximum Gasteiger partial charge on any atom is 0.448 e. The normalized spacial score (nSPS) is 18.8. The first-order valence-corrected chi connectivity index (χ1v) is 7.88. The molecule has 0 bridgehead atoms. The predicted molar refractivity (Wildman–Crippen MR) is 72.8 cm³/mol. The molecule has 0 spiro atoms. The van der Waals surface area contributed by atoms with Crippen LogP contribution in [0.1, 0.15) is 12.0 Å². The Morgan fingerprint density at radius 2 is 2.11 bits per heavy atom. The van der Waals surface area contributed by atoms with E-state index in [9.17, 15) is 8.42 Å². The molecule has 1 aliphatic heterocycles. The van der Waals surface area contributed by atoms with Crippen molar-refractivity contribution in [2.45, 2.75) is 12.5 Å². The van der Waals surface area contributed by atoms with Crippen LogP contribution in [0.5, 0.6) is 5.75 Å². The van der Waals surface area contributed by atoms with E-state index in [0.717, 1.165) is 18.4 Å². The molecule has 2 rings (SSSR count). The summed E-state index contributed by atoms with van der Waals surface area (Å²) < 4.78 is 31.1. The predicted octanol–water partition coefficient (Wildman–Crippen LogP) is 1.84. The Balaban J connectivity index is 2.07. The SMILES string of the molecule is COS(=O)(=O)Oc1ccc(C2=NOC(CBr)C2)cc1. The quantitative estimate of drug-likeness (QED) is 0.758. The molecule has 1 atom stereocenters. The van der Waals surface area contributed by atoms with Gasteiger partial charge in [-0.25, -0.2) is 4.18 Å². The Kier molecular flexibility index (Phi) is 4.43. The molecule has 1 aromatic rings. The molecule has 8 heteroatoms. The van der Waals surface area contributed by atoms with Crippen LogP contribution in [-0.4, -0.2) is 32.7 Å². The van der Waals surface area contributed by atoms with Gasteiger partial charge in [-0.2, -0.15) is 8.42 Å². The number of halogens is 1. The third-order valence-electron chi connectivity index (χ3n) is 2.50. The Bertz CT molecular complexity index is 569. The van der Waals surface area contributed by atoms with Gasteiger partial charge in [0.1, 0.15) is 11.9 Å². The summed E-state index contributed by atoms with van der Waals surface area (Å²) in [5.41, 5.74) is 1.69. The van der Waals surface area contributed by atoms with Gasteiger partial charge in [-0.3, -0.25) is 0 Å². The van der Waals surface area contributed by atoms with Gasteiger partial charge in [-0.1, -0.05) is 21.1 Å². The van der Waals surface area contributed by atoms with E-state index >= 15 is 0 Å². The van der Waals surface area contributed by atoms with Crippen molar-refractivity contribution >= 4 is 32.0 Å². The third-order valence-corrected chi connectivity index (χ3v) is 4.02. The first-order valence-electron chi connectivity index (χ1n) is 5.43. The third kappa shape index (κ3) is 3.68. The number of alkyl halides is 1. The van der Waals surface area contributed by atoms with Crippen molar-refractivity contribution in [3.63, 3.8) is 0 Å². The van der Waals surface area contributed by atoms with Crippen molar-refractivity contribution in [1.29, 1.82) is 0 Å². The van der Waals surface area contributed by atoms with Crippen LogP contribution in [0.3, 0.4) is 0 Å². The minimum atomic E-state index is -3.98. The van der Waals surface area contributed by atoms with Crippen LogP contribution in [-0.2, 0) is 19.4 Å². The lowest BCUT2D eigenvalue weighted by atomic mass is 10.1. The maximum atomic E-state index is 11.1. The molecular weight excluding hydrogens is 338 g/mol. The number of rotatable bonds is 5. The van der Waals surface area contributed by atoms with Crippen molar-refractivity contribution < 1.29 is 21.6 Å². The Hall–Kier alpha value is -1.12. The summed E-state index contributed by atoms with van der Waals surface area (Å²) in [6.45, 7) is 0. The summed E-state index contributed by atoms with van der Waals surface area (Å²) in [5.74, 6) is 0.183. The van der Waals surface area contributed by atoms with Crippen molar-refractivity contribution in [3.8, 4) is 5.75 Å². The lowest BCUT2D eigenvalue weighted by molar-refractivity contribution is 0.104. The second kappa shape index (κ2) is 5.89. The molecule has 19 heavy (non-hydrogen) atoms. The van der Waals surface area contributed by atoms with E-state index in [0.29, 0.717) is 11.8 Å². The lowest BCUT2D eigenvalue weighted by Crippen LogP contribution is -2.11. The van der Waals surface area contributed by atoms with E-state index in [1.165, 1.54) is 12.1 Å². The zero-order valence-corrected chi connectivity index (χ0v) is 12.5. The van der Waals surface area contributed by atoms with Crippen LogP contribution < -0.4 is 4.18 Å². The van der Waals surface area contributed by atoms with E-state index in [1.807, 2.05) is 0 Å². The molecule has 1 unspecified atom stereocenters. The fourth-order valence-corrected chi connectivity index (χ4v) is 2.30. The van der Waals surface area contributed by atoms with Crippen LogP contribution in [0.25, 0.3) is 0 Å². The molecular formula is C11H12BrNO5S. The van der Waals surface area contributed by atoms with Gasteiger partial charge >= 0.3 is 10.4 Å². The highest BCUT2D eigenvalue weighted by Crippen LogP contribution is 2.21. The zero-order chi connectivity index (χ0) is 13.9. The van der Waals surface area contributed by atoms with Gasteiger partial charge in [0.25, 0.3) is 0 Å². The molecule has 0 saturated carbocycles. The first kappa shape index (κ1) is 14.3. The summed E-state index contributed by atoms with van der Waals surface area (Å²) in [5, 5.41) is 4.70. The zero-order valence-electron chi connectivity index (χ0n) is 10.1. The standard InChI is InChI=1S/C11H12BrNO5S/c1-16-19(14,15)18-9-4-2-8(3-5-9)11-6-10(7-12)17-13-11/h2-5,10H,6-7H2,1H3. The van der Waals surface area contributed by atoms with E-state index in [4.69, 9.17) is 4.84 Å². The van der Waals surface area contributed by atoms with E-state index in [2.05, 4.69) is 29.5 Å². The Morgan fingerprint density at radius 1 is 1.42 bits per heavy atom. The summed E-state index contributed by atoms with van der Waals surface area (Å²) >= 11 is 3.33. The second-order valence-corrected chi connectivity index (χ2v) is 5.77. The Labute approximate surface area is 119 Å². The van der Waals surface area contributed by atoms with Gasteiger partial charge in [0.15, 0.2) is 0 Å². The minimum Gasteiger partial charge on any atom is -0.391 e. The molecule has 0 aliphatic carbocycles. The molecule has 1 aliphatic rings. The molecule has 0 radical (unpaired) electrons. The molecule has 6 nitrogen and oxygen atoms in total. The number of benzene rings is 1. The fourth-order valence-electron chi connectivity index (χ4n) is 1.54. The van der Waals surface area contributed by atoms with Gasteiger partial charge in [0.05, 0.1) is 12.8 Å². The highest BCUT2D eigenvalue weighted by atomic mass is 79.9. The van der Waals surface area contributed by atoms with E-state index in [-0.39, 0.29) is 11.9 Å². The number of hydrogen-bond acceptors (Lipinski definition) is 6. The highest BCUT2D eigenvalue weighted by molar-refractivity contribution is 9.09. The largest absolute Gasteiger partial charge is 0.448 e. The topological polar surface area (TPSA) is 74.2 Å². The molecule has 104 valence electrons. The molecule has 0 amide bonds. The van der Waals surface area contributed by atoms with Gasteiger partial charge < -0.3 is 9.02 Å². The van der Waals surface area contributed by atoms with Crippen molar-refractivity contribution in [2.75, 3.05) is 12.4 Å². The van der Waals surface area contributed by atoms with E-state index < -0.39 is 10.4 Å². The highest BCUT2D eigenvalue weighted by Gasteiger charge is 2.21. The molecule has 0 N–H and O–H groups in total. The second-order valence-electron chi connectivity index (χ2n) is 3.81. The first-order chi connectivity index (χ1) is 9.04. The minimum absolute atomic E-state index is 0.0415. The van der Waals surface area contributed by atoms with Crippen LogP contribution in [0, 0.1) is 0 Å². The summed E-state index contributed by atoms with van der Waals surface area (Å²) in [6, 6.07) is 6.52. The number of oxime groups is 1. The van der Waals surface area contributed by atoms with Gasteiger partial charge in [0, 0.05) is 11.8 Å². The van der Waals surface area contributed by atoms with Crippen LogP contribution in [0.15, 0.2) is 29.4 Å². The molecule has 1 heterocycles. The van der Waals surface area contributed by atoms with Crippen molar-refractivity contribution in [1.82, 2.24) is 0 Å². The average Bonchev–Trinajstić information content (AvgIpc) is 2.88. The summed E-state index contributed by atoms with van der Waals surface area (Å²) in [7, 11) is -2.94. The number of hydrogen-bond donors (Lipinski definition) is 0. The smallest absolute Gasteiger partial charge is 0.391 e. The van der Waals surface area contributed by atoms with Gasteiger partial charge in [-0.15, -0.1) is 0 Å². The average molecular weight is 350 g/mol. The van der Waals surface area contributed by atoms with E-state index in [1.54, 1.807) is 12.1 Å². The molecule has 0 aromatic heterocycles.